The number of aryl methyl sites for hydroxylation is 2. The zero-order chi connectivity index (χ0) is 25.7. The second-order valence-corrected chi connectivity index (χ2v) is 9.00. The molecule has 0 N–H and O–H groups in total. The Labute approximate surface area is 211 Å². The van der Waals surface area contributed by atoms with Gasteiger partial charge in [-0.15, -0.1) is 0 Å². The van der Waals surface area contributed by atoms with Gasteiger partial charge in [-0.1, -0.05) is 42.1 Å². The Kier molecular flexibility index (Phi) is 7.88. The Morgan fingerprint density at radius 2 is 1.81 bits per heavy atom. The topological polar surface area (TPSA) is 53.3 Å². The Balaban J connectivity index is 1.62. The Morgan fingerprint density at radius 3 is 2.50 bits per heavy atom. The predicted molar refractivity (Wildman–Crippen MR) is 133 cm³/mol. The first-order valence-corrected chi connectivity index (χ1v) is 12.4. The van der Waals surface area contributed by atoms with Gasteiger partial charge in [0.15, 0.2) is 5.16 Å². The molecule has 0 spiro atoms. The average Bonchev–Trinajstić information content (AvgIpc) is 3.23. The third kappa shape index (κ3) is 6.02. The van der Waals surface area contributed by atoms with Crippen molar-refractivity contribution < 1.29 is 27.4 Å². The molecule has 0 fully saturated rings. The standard InChI is InChI=1S/C27H25F3N2O3S/c1-3-35-25(33)20-9-12-24-23(16-20)31-26(32(24)14-13-18-7-10-22(34-2)11-8-18)36-17-19-5-4-6-21(15-19)27(28,29)30/h4-12,15-16H,3,13-14,17H2,1-2H3. The molecule has 0 amide bonds. The Hall–Kier alpha value is -3.46. The second kappa shape index (κ2) is 11.1. The van der Waals surface area contributed by atoms with Crippen LogP contribution in [0.4, 0.5) is 13.2 Å². The van der Waals surface area contributed by atoms with Gasteiger partial charge < -0.3 is 14.0 Å². The second-order valence-electron chi connectivity index (χ2n) is 8.05. The maximum atomic E-state index is 13.1. The summed E-state index contributed by atoms with van der Waals surface area (Å²) in [5, 5.41) is 0.664. The number of ether oxygens (including phenoxy) is 2. The molecule has 9 heteroatoms. The number of carbonyl (C=O) groups is 1. The first kappa shape index (κ1) is 25.6. The summed E-state index contributed by atoms with van der Waals surface area (Å²) >= 11 is 1.36. The number of aromatic nitrogens is 2. The van der Waals surface area contributed by atoms with E-state index >= 15 is 0 Å². The number of halogens is 3. The molecule has 0 saturated carbocycles. The van der Waals surface area contributed by atoms with E-state index in [4.69, 9.17) is 14.5 Å². The van der Waals surface area contributed by atoms with Crippen LogP contribution in [-0.4, -0.2) is 29.2 Å². The van der Waals surface area contributed by atoms with Crippen LogP contribution in [0.15, 0.2) is 71.9 Å². The van der Waals surface area contributed by atoms with Crippen LogP contribution in [-0.2, 0) is 29.6 Å². The minimum Gasteiger partial charge on any atom is -0.497 e. The van der Waals surface area contributed by atoms with E-state index in [0.717, 1.165) is 29.0 Å². The van der Waals surface area contributed by atoms with E-state index in [1.54, 1.807) is 32.2 Å². The van der Waals surface area contributed by atoms with Crippen LogP contribution in [0.1, 0.15) is 34.0 Å². The van der Waals surface area contributed by atoms with E-state index in [9.17, 15) is 18.0 Å². The van der Waals surface area contributed by atoms with Crippen LogP contribution in [0.5, 0.6) is 5.75 Å². The van der Waals surface area contributed by atoms with Crippen LogP contribution in [0.25, 0.3) is 11.0 Å². The summed E-state index contributed by atoms with van der Waals surface area (Å²) in [5.74, 6) is 0.668. The van der Waals surface area contributed by atoms with Gasteiger partial charge >= 0.3 is 12.1 Å². The average molecular weight is 515 g/mol. The van der Waals surface area contributed by atoms with Gasteiger partial charge in [-0.3, -0.25) is 0 Å². The third-order valence-electron chi connectivity index (χ3n) is 5.63. The third-order valence-corrected chi connectivity index (χ3v) is 6.68. The van der Waals surface area contributed by atoms with Crippen LogP contribution in [0.3, 0.4) is 0 Å². The van der Waals surface area contributed by atoms with E-state index in [2.05, 4.69) is 0 Å². The predicted octanol–water partition coefficient (Wildman–Crippen LogP) is 6.78. The van der Waals surface area contributed by atoms with Crippen molar-refractivity contribution in [3.05, 3.63) is 89.0 Å². The number of esters is 1. The summed E-state index contributed by atoms with van der Waals surface area (Å²) in [6.45, 7) is 2.62. The summed E-state index contributed by atoms with van der Waals surface area (Å²) < 4.78 is 51.8. The van der Waals surface area contributed by atoms with Crippen molar-refractivity contribution >= 4 is 28.8 Å². The smallest absolute Gasteiger partial charge is 0.416 e. The summed E-state index contributed by atoms with van der Waals surface area (Å²) in [5.41, 5.74) is 2.85. The van der Waals surface area contributed by atoms with Crippen LogP contribution in [0, 0.1) is 0 Å². The number of hydrogen-bond acceptors (Lipinski definition) is 5. The number of benzene rings is 3. The Morgan fingerprint density at radius 1 is 1.03 bits per heavy atom. The number of carbonyl (C=O) groups excluding carboxylic acids is 1. The van der Waals surface area contributed by atoms with Gasteiger partial charge in [0, 0.05) is 12.3 Å². The highest BCUT2D eigenvalue weighted by Crippen LogP contribution is 2.32. The summed E-state index contributed by atoms with van der Waals surface area (Å²) in [6, 6.07) is 18.3. The normalized spacial score (nSPS) is 11.6. The van der Waals surface area contributed by atoms with Crippen molar-refractivity contribution in [2.75, 3.05) is 13.7 Å². The number of hydrogen-bond donors (Lipinski definition) is 0. The van der Waals surface area contributed by atoms with Gasteiger partial charge in [0.2, 0.25) is 0 Å². The lowest BCUT2D eigenvalue weighted by atomic mass is 10.1. The molecule has 188 valence electrons. The number of fused-ring (bicyclic) bond motifs is 1. The highest BCUT2D eigenvalue weighted by Gasteiger charge is 2.30. The molecule has 1 aromatic heterocycles. The minimum atomic E-state index is -4.39. The molecule has 0 aliphatic carbocycles. The maximum absolute atomic E-state index is 13.1. The molecular formula is C27H25F3N2O3S. The highest BCUT2D eigenvalue weighted by atomic mass is 32.2. The lowest BCUT2D eigenvalue weighted by Gasteiger charge is -2.11. The molecule has 36 heavy (non-hydrogen) atoms. The van der Waals surface area contributed by atoms with Crippen molar-refractivity contribution in [2.45, 2.75) is 37.0 Å². The van der Waals surface area contributed by atoms with Gasteiger partial charge in [-0.25, -0.2) is 9.78 Å². The van der Waals surface area contributed by atoms with Crippen molar-refractivity contribution in [3.63, 3.8) is 0 Å². The number of methoxy groups -OCH3 is 1. The molecule has 3 aromatic carbocycles. The van der Waals surface area contributed by atoms with Gasteiger partial charge in [0.1, 0.15) is 5.75 Å². The lowest BCUT2D eigenvalue weighted by Crippen LogP contribution is -2.06. The van der Waals surface area contributed by atoms with Gasteiger partial charge in [-0.05, 0) is 60.9 Å². The van der Waals surface area contributed by atoms with E-state index < -0.39 is 17.7 Å². The zero-order valence-corrected chi connectivity index (χ0v) is 20.7. The monoisotopic (exact) mass is 514 g/mol. The molecule has 4 aromatic rings. The van der Waals surface area contributed by atoms with Gasteiger partial charge in [-0.2, -0.15) is 13.2 Å². The molecule has 0 radical (unpaired) electrons. The number of rotatable bonds is 9. The molecule has 0 aliphatic rings. The molecule has 0 unspecified atom stereocenters. The van der Waals surface area contributed by atoms with Crippen LogP contribution >= 0.6 is 11.8 Å². The molecule has 4 rings (SSSR count). The van der Waals surface area contributed by atoms with Crippen molar-refractivity contribution in [1.29, 1.82) is 0 Å². The van der Waals surface area contributed by atoms with Crippen molar-refractivity contribution in [1.82, 2.24) is 9.55 Å². The number of alkyl halides is 3. The molecular weight excluding hydrogens is 489 g/mol. The van der Waals surface area contributed by atoms with E-state index in [0.29, 0.717) is 40.5 Å². The van der Waals surface area contributed by atoms with Gasteiger partial charge in [0.25, 0.3) is 0 Å². The number of nitrogens with zero attached hydrogens (tertiary/aromatic N) is 2. The number of imidazole rings is 1. The Bertz CT molecular complexity index is 1350. The fraction of sp³-hybridized carbons (Fsp3) is 0.259. The fourth-order valence-electron chi connectivity index (χ4n) is 3.79. The molecule has 0 atom stereocenters. The van der Waals surface area contributed by atoms with Crippen LogP contribution < -0.4 is 4.74 Å². The maximum Gasteiger partial charge on any atom is 0.416 e. The highest BCUT2D eigenvalue weighted by molar-refractivity contribution is 7.98. The molecule has 5 nitrogen and oxygen atoms in total. The first-order chi connectivity index (χ1) is 17.3. The van der Waals surface area contributed by atoms with Crippen LogP contribution in [0.2, 0.25) is 0 Å². The molecule has 1 heterocycles. The molecule has 0 bridgehead atoms. The van der Waals surface area contributed by atoms with Gasteiger partial charge in [0.05, 0.1) is 35.9 Å². The first-order valence-electron chi connectivity index (χ1n) is 11.4. The summed E-state index contributed by atoms with van der Waals surface area (Å²) in [7, 11) is 1.62. The SMILES string of the molecule is CCOC(=O)c1ccc2c(c1)nc(SCc1cccc(C(F)(F)F)c1)n2CCc1ccc(OC)cc1. The zero-order valence-electron chi connectivity index (χ0n) is 19.8. The number of thioether (sulfide) groups is 1. The fourth-order valence-corrected chi connectivity index (χ4v) is 4.78. The molecule has 0 saturated heterocycles. The van der Waals surface area contributed by atoms with E-state index in [-0.39, 0.29) is 6.61 Å². The molecule has 0 aliphatic heterocycles. The lowest BCUT2D eigenvalue weighted by molar-refractivity contribution is -0.137. The van der Waals surface area contributed by atoms with Crippen molar-refractivity contribution in [2.24, 2.45) is 0 Å². The van der Waals surface area contributed by atoms with E-state index in [1.165, 1.54) is 17.8 Å². The minimum absolute atomic E-state index is 0.269. The largest absolute Gasteiger partial charge is 0.497 e. The summed E-state index contributed by atoms with van der Waals surface area (Å²) in [6.07, 6.45) is -3.68. The summed E-state index contributed by atoms with van der Waals surface area (Å²) in [4.78, 5) is 16.9. The van der Waals surface area contributed by atoms with E-state index in [1.807, 2.05) is 34.9 Å². The quantitative estimate of drug-likeness (QED) is 0.182. The van der Waals surface area contributed by atoms with Crippen molar-refractivity contribution in [3.8, 4) is 5.75 Å².